The van der Waals surface area contributed by atoms with Crippen molar-refractivity contribution < 1.29 is 4.79 Å². The zero-order chi connectivity index (χ0) is 16.6. The van der Waals surface area contributed by atoms with Crippen LogP contribution in [0.5, 0.6) is 0 Å². The molecule has 0 spiro atoms. The molecule has 1 aromatic carbocycles. The molecule has 0 aliphatic heterocycles. The number of fused-ring (bicyclic) bond motifs is 1. The zero-order valence-electron chi connectivity index (χ0n) is 13.6. The molecule has 3 aromatic rings. The maximum absolute atomic E-state index is 12.0. The number of nitrogens with one attached hydrogen (secondary N) is 1. The van der Waals surface area contributed by atoms with Crippen LogP contribution in [0.15, 0.2) is 18.2 Å². The van der Waals surface area contributed by atoms with E-state index in [1.807, 2.05) is 45.9 Å². The first-order valence-electron chi connectivity index (χ1n) is 7.53. The highest BCUT2D eigenvalue weighted by Crippen LogP contribution is 2.29. The number of carbonyl (C=O) groups excluding carboxylic acids is 1. The van der Waals surface area contributed by atoms with Crippen LogP contribution in [0, 0.1) is 19.8 Å². The van der Waals surface area contributed by atoms with Gasteiger partial charge in [0.1, 0.15) is 5.01 Å². The Morgan fingerprint density at radius 3 is 2.78 bits per heavy atom. The van der Waals surface area contributed by atoms with Crippen LogP contribution in [0.4, 0.5) is 5.69 Å². The van der Waals surface area contributed by atoms with E-state index in [0.29, 0.717) is 12.3 Å². The van der Waals surface area contributed by atoms with Gasteiger partial charge in [-0.2, -0.15) is 9.61 Å². The number of anilines is 1. The molecule has 0 fully saturated rings. The number of hydrogen-bond donors (Lipinski definition) is 1. The molecule has 0 aliphatic rings. The Morgan fingerprint density at radius 2 is 2.09 bits per heavy atom. The lowest BCUT2D eigenvalue weighted by Gasteiger charge is -2.11. The highest BCUT2D eigenvalue weighted by atomic mass is 32.1. The third kappa shape index (κ3) is 3.24. The van der Waals surface area contributed by atoms with Gasteiger partial charge in [-0.05, 0) is 31.4 Å². The molecule has 23 heavy (non-hydrogen) atoms. The Hall–Kier alpha value is -2.28. The molecule has 0 radical (unpaired) electrons. The van der Waals surface area contributed by atoms with E-state index < -0.39 is 0 Å². The first-order valence-corrected chi connectivity index (χ1v) is 8.35. The van der Waals surface area contributed by atoms with Crippen molar-refractivity contribution in [3.8, 4) is 10.6 Å². The first kappa shape index (κ1) is 15.6. The van der Waals surface area contributed by atoms with Crippen LogP contribution < -0.4 is 5.32 Å². The number of nitrogens with zero attached hydrogens (tertiary/aromatic N) is 4. The second-order valence-electron chi connectivity index (χ2n) is 6.02. The van der Waals surface area contributed by atoms with E-state index in [2.05, 4.69) is 20.6 Å². The molecule has 0 bridgehead atoms. The molecule has 3 rings (SSSR count). The number of rotatable bonds is 4. The van der Waals surface area contributed by atoms with Crippen LogP contribution in [0.3, 0.4) is 0 Å². The number of benzene rings is 1. The third-order valence-electron chi connectivity index (χ3n) is 3.50. The molecule has 0 aliphatic carbocycles. The summed E-state index contributed by atoms with van der Waals surface area (Å²) >= 11 is 1.48. The Bertz CT molecular complexity index is 865. The molecule has 120 valence electrons. The fourth-order valence-corrected chi connectivity index (χ4v) is 3.17. The van der Waals surface area contributed by atoms with Crippen LogP contribution in [-0.2, 0) is 4.79 Å². The highest BCUT2D eigenvalue weighted by Gasteiger charge is 2.13. The molecule has 0 unspecified atom stereocenters. The number of hydrogen-bond acceptors (Lipinski definition) is 5. The van der Waals surface area contributed by atoms with E-state index in [9.17, 15) is 4.79 Å². The Morgan fingerprint density at radius 1 is 1.30 bits per heavy atom. The van der Waals surface area contributed by atoms with Gasteiger partial charge in [-0.25, -0.2) is 0 Å². The summed E-state index contributed by atoms with van der Waals surface area (Å²) in [6, 6.07) is 5.97. The summed E-state index contributed by atoms with van der Waals surface area (Å²) in [5.74, 6) is 1.13. The van der Waals surface area contributed by atoms with Crippen molar-refractivity contribution >= 4 is 27.9 Å². The van der Waals surface area contributed by atoms with E-state index in [1.165, 1.54) is 11.3 Å². The predicted molar refractivity (Wildman–Crippen MR) is 91.7 cm³/mol. The lowest BCUT2D eigenvalue weighted by molar-refractivity contribution is -0.116. The van der Waals surface area contributed by atoms with Crippen molar-refractivity contribution in [2.75, 3.05) is 5.32 Å². The Kier molecular flexibility index (Phi) is 4.12. The molecule has 0 atom stereocenters. The van der Waals surface area contributed by atoms with Gasteiger partial charge < -0.3 is 5.32 Å². The number of aromatic nitrogens is 4. The maximum atomic E-state index is 12.0. The van der Waals surface area contributed by atoms with Crippen molar-refractivity contribution in [3.05, 3.63) is 29.6 Å². The fourth-order valence-electron chi connectivity index (χ4n) is 2.29. The third-order valence-corrected chi connectivity index (χ3v) is 4.45. The van der Waals surface area contributed by atoms with E-state index in [-0.39, 0.29) is 5.91 Å². The summed E-state index contributed by atoms with van der Waals surface area (Å²) in [5.41, 5.74) is 2.83. The second-order valence-corrected chi connectivity index (χ2v) is 6.98. The van der Waals surface area contributed by atoms with Gasteiger partial charge >= 0.3 is 0 Å². The summed E-state index contributed by atoms with van der Waals surface area (Å²) in [6.07, 6.45) is 0.513. The molecule has 0 saturated heterocycles. The number of carbonyl (C=O) groups is 1. The molecule has 1 amide bonds. The lowest BCUT2D eigenvalue weighted by Crippen LogP contribution is -2.14. The molecular weight excluding hydrogens is 310 g/mol. The summed E-state index contributed by atoms with van der Waals surface area (Å²) in [7, 11) is 0. The van der Waals surface area contributed by atoms with Gasteiger partial charge in [-0.3, -0.25) is 4.79 Å². The molecule has 6 nitrogen and oxygen atoms in total. The Labute approximate surface area is 138 Å². The van der Waals surface area contributed by atoms with Gasteiger partial charge in [-0.1, -0.05) is 37.3 Å². The quantitative estimate of drug-likeness (QED) is 0.795. The standard InChI is InChI=1S/C16H19N5OS/c1-9(2)7-14(22)17-13-8-12(6-5-10(13)3)15-20-21-11(4)18-19-16(21)23-15/h5-6,8-9H,7H2,1-4H3,(H,17,22). The van der Waals surface area contributed by atoms with Crippen LogP contribution in [0.25, 0.3) is 15.5 Å². The van der Waals surface area contributed by atoms with Crippen molar-refractivity contribution in [2.24, 2.45) is 5.92 Å². The van der Waals surface area contributed by atoms with Crippen molar-refractivity contribution in [1.29, 1.82) is 0 Å². The molecule has 2 aromatic heterocycles. The van der Waals surface area contributed by atoms with Gasteiger partial charge in [0, 0.05) is 17.7 Å². The van der Waals surface area contributed by atoms with E-state index in [4.69, 9.17) is 0 Å². The Balaban J connectivity index is 1.91. The summed E-state index contributed by atoms with van der Waals surface area (Å²) in [6.45, 7) is 7.92. The van der Waals surface area contributed by atoms with Gasteiger partial charge in [0.2, 0.25) is 10.9 Å². The summed E-state index contributed by atoms with van der Waals surface area (Å²) < 4.78 is 1.73. The van der Waals surface area contributed by atoms with Gasteiger partial charge in [0.15, 0.2) is 5.82 Å². The largest absolute Gasteiger partial charge is 0.326 e. The first-order chi connectivity index (χ1) is 10.9. The maximum Gasteiger partial charge on any atom is 0.234 e. The van der Waals surface area contributed by atoms with E-state index >= 15 is 0 Å². The van der Waals surface area contributed by atoms with Crippen molar-refractivity contribution in [2.45, 2.75) is 34.1 Å². The molecule has 2 heterocycles. The molecule has 0 saturated carbocycles. The van der Waals surface area contributed by atoms with Crippen LogP contribution >= 0.6 is 11.3 Å². The highest BCUT2D eigenvalue weighted by molar-refractivity contribution is 7.19. The normalized spacial score (nSPS) is 11.3. The van der Waals surface area contributed by atoms with Crippen molar-refractivity contribution in [3.63, 3.8) is 0 Å². The monoisotopic (exact) mass is 329 g/mol. The average molecular weight is 329 g/mol. The van der Waals surface area contributed by atoms with Gasteiger partial charge in [-0.15, -0.1) is 10.2 Å². The van der Waals surface area contributed by atoms with Crippen molar-refractivity contribution in [1.82, 2.24) is 19.8 Å². The minimum absolute atomic E-state index is 0.0363. The van der Waals surface area contributed by atoms with Gasteiger partial charge in [0.25, 0.3) is 0 Å². The minimum Gasteiger partial charge on any atom is -0.326 e. The average Bonchev–Trinajstić information content (AvgIpc) is 3.03. The van der Waals surface area contributed by atoms with E-state index in [0.717, 1.165) is 32.6 Å². The predicted octanol–water partition coefficient (Wildman–Crippen LogP) is 3.45. The smallest absolute Gasteiger partial charge is 0.234 e. The number of aryl methyl sites for hydroxylation is 2. The number of amides is 1. The van der Waals surface area contributed by atoms with Crippen LogP contribution in [0.1, 0.15) is 31.7 Å². The summed E-state index contributed by atoms with van der Waals surface area (Å²) in [5, 5.41) is 16.5. The fraction of sp³-hybridized carbons (Fsp3) is 0.375. The van der Waals surface area contributed by atoms with Crippen LogP contribution in [-0.4, -0.2) is 25.7 Å². The van der Waals surface area contributed by atoms with Crippen LogP contribution in [0.2, 0.25) is 0 Å². The second kappa shape index (κ2) is 6.08. The SMILES string of the molecule is Cc1ccc(-c2nn3c(C)nnc3s2)cc1NC(=O)CC(C)C. The topological polar surface area (TPSA) is 72.2 Å². The molecule has 1 N–H and O–H groups in total. The lowest BCUT2D eigenvalue weighted by atomic mass is 10.1. The zero-order valence-corrected chi connectivity index (χ0v) is 14.4. The van der Waals surface area contributed by atoms with E-state index in [1.54, 1.807) is 4.52 Å². The minimum atomic E-state index is 0.0363. The summed E-state index contributed by atoms with van der Waals surface area (Å²) in [4.78, 5) is 12.8. The molecular formula is C16H19N5OS. The van der Waals surface area contributed by atoms with Gasteiger partial charge in [0.05, 0.1) is 0 Å². The molecule has 7 heteroatoms.